The molecule has 3 nitrogen and oxygen atoms in total. The van der Waals surface area contributed by atoms with E-state index in [0.717, 1.165) is 12.3 Å². The zero-order valence-electron chi connectivity index (χ0n) is 12.4. The van der Waals surface area contributed by atoms with Crippen LogP contribution in [0.25, 0.3) is 0 Å². The van der Waals surface area contributed by atoms with Crippen LogP contribution in [-0.4, -0.2) is 37.7 Å². The molecule has 2 rings (SSSR count). The molecule has 1 aliphatic rings. The lowest BCUT2D eigenvalue weighted by Gasteiger charge is -2.26. The van der Waals surface area contributed by atoms with Crippen molar-refractivity contribution in [3.05, 3.63) is 29.8 Å². The zero-order valence-corrected chi connectivity index (χ0v) is 12.4. The van der Waals surface area contributed by atoms with Crippen molar-refractivity contribution in [3.63, 3.8) is 0 Å². The van der Waals surface area contributed by atoms with Crippen LogP contribution in [0.1, 0.15) is 38.3 Å². The highest BCUT2D eigenvalue weighted by molar-refractivity contribution is 5.35. The second kappa shape index (κ2) is 6.92. The molecule has 2 unspecified atom stereocenters. The molecule has 0 aliphatic carbocycles. The fraction of sp³-hybridized carbons (Fsp3) is 0.625. The molecule has 2 atom stereocenters. The van der Waals surface area contributed by atoms with E-state index >= 15 is 0 Å². The number of nitrogens with one attached hydrogen (secondary N) is 1. The van der Waals surface area contributed by atoms with Crippen molar-refractivity contribution in [1.82, 2.24) is 10.2 Å². The third kappa shape index (κ3) is 3.71. The number of ether oxygens (including phenoxy) is 1. The Balaban J connectivity index is 1.88. The Bertz CT molecular complexity index is 388. The van der Waals surface area contributed by atoms with Gasteiger partial charge in [0, 0.05) is 24.2 Å². The number of rotatable bonds is 6. The number of nitrogens with zero attached hydrogens (tertiary/aromatic N) is 1. The van der Waals surface area contributed by atoms with Crippen molar-refractivity contribution >= 4 is 0 Å². The highest BCUT2D eigenvalue weighted by Crippen LogP contribution is 2.24. The first-order chi connectivity index (χ1) is 9.22. The van der Waals surface area contributed by atoms with Gasteiger partial charge in [0.25, 0.3) is 0 Å². The van der Waals surface area contributed by atoms with Gasteiger partial charge < -0.3 is 10.1 Å². The van der Waals surface area contributed by atoms with Crippen LogP contribution in [0, 0.1) is 0 Å². The molecule has 1 aromatic carbocycles. The van der Waals surface area contributed by atoms with Crippen LogP contribution in [0.3, 0.4) is 0 Å². The van der Waals surface area contributed by atoms with Crippen molar-refractivity contribution in [2.24, 2.45) is 0 Å². The van der Waals surface area contributed by atoms with E-state index in [1.165, 1.54) is 31.5 Å². The minimum Gasteiger partial charge on any atom is -0.496 e. The van der Waals surface area contributed by atoms with Crippen LogP contribution in [0.4, 0.5) is 0 Å². The number of methoxy groups -OCH3 is 1. The molecule has 0 radical (unpaired) electrons. The van der Waals surface area contributed by atoms with Gasteiger partial charge in [-0.25, -0.2) is 0 Å². The third-order valence-corrected chi connectivity index (χ3v) is 4.09. The van der Waals surface area contributed by atoms with E-state index in [2.05, 4.69) is 36.2 Å². The summed E-state index contributed by atoms with van der Waals surface area (Å²) < 4.78 is 5.42. The monoisotopic (exact) mass is 262 g/mol. The van der Waals surface area contributed by atoms with Crippen LogP contribution in [0.2, 0.25) is 0 Å². The van der Waals surface area contributed by atoms with Crippen LogP contribution in [-0.2, 0) is 0 Å². The summed E-state index contributed by atoms with van der Waals surface area (Å²) in [6.07, 6.45) is 2.71. The van der Waals surface area contributed by atoms with Gasteiger partial charge in [-0.3, -0.25) is 4.90 Å². The average molecular weight is 262 g/mol. The lowest BCUT2D eigenvalue weighted by Crippen LogP contribution is -2.39. The molecule has 106 valence electrons. The van der Waals surface area contributed by atoms with E-state index in [9.17, 15) is 0 Å². The Morgan fingerprint density at radius 1 is 1.21 bits per heavy atom. The van der Waals surface area contributed by atoms with Crippen molar-refractivity contribution in [2.45, 2.75) is 38.8 Å². The number of para-hydroxylation sites is 1. The van der Waals surface area contributed by atoms with Crippen molar-refractivity contribution in [2.75, 3.05) is 26.7 Å². The van der Waals surface area contributed by atoms with Gasteiger partial charge in [0.2, 0.25) is 0 Å². The van der Waals surface area contributed by atoms with Crippen LogP contribution < -0.4 is 10.1 Å². The van der Waals surface area contributed by atoms with Crippen LogP contribution >= 0.6 is 0 Å². The first kappa shape index (κ1) is 14.4. The molecule has 0 spiro atoms. The molecule has 0 saturated carbocycles. The van der Waals surface area contributed by atoms with Gasteiger partial charge in [-0.2, -0.15) is 0 Å². The second-order valence-electron chi connectivity index (χ2n) is 5.46. The maximum absolute atomic E-state index is 5.42. The van der Waals surface area contributed by atoms with Crippen LogP contribution in [0.5, 0.6) is 5.75 Å². The summed E-state index contributed by atoms with van der Waals surface area (Å²) in [6.45, 7) is 8.05. The Kier molecular flexibility index (Phi) is 5.23. The van der Waals surface area contributed by atoms with Gasteiger partial charge >= 0.3 is 0 Å². The normalized spacial score (nSPS) is 19.3. The maximum Gasteiger partial charge on any atom is 0.123 e. The van der Waals surface area contributed by atoms with Gasteiger partial charge in [0.15, 0.2) is 0 Å². The molecule has 1 fully saturated rings. The highest BCUT2D eigenvalue weighted by atomic mass is 16.5. The van der Waals surface area contributed by atoms with E-state index in [-0.39, 0.29) is 0 Å². The minimum absolute atomic E-state index is 0.321. The molecule has 0 aromatic heterocycles. The molecule has 19 heavy (non-hydrogen) atoms. The molecule has 1 saturated heterocycles. The fourth-order valence-electron chi connectivity index (χ4n) is 2.79. The van der Waals surface area contributed by atoms with Crippen LogP contribution in [0.15, 0.2) is 24.3 Å². The Labute approximate surface area is 116 Å². The van der Waals surface area contributed by atoms with Gasteiger partial charge in [-0.15, -0.1) is 0 Å². The summed E-state index contributed by atoms with van der Waals surface area (Å²) in [4.78, 5) is 2.57. The molecule has 1 aromatic rings. The first-order valence-corrected chi connectivity index (χ1v) is 7.32. The summed E-state index contributed by atoms with van der Waals surface area (Å²) >= 11 is 0. The van der Waals surface area contributed by atoms with E-state index in [0.29, 0.717) is 12.1 Å². The highest BCUT2D eigenvalue weighted by Gasteiger charge is 2.19. The Hall–Kier alpha value is -1.06. The number of likely N-dealkylation sites (tertiary alicyclic amines) is 1. The summed E-state index contributed by atoms with van der Waals surface area (Å²) in [6, 6.07) is 9.18. The minimum atomic E-state index is 0.321. The van der Waals surface area contributed by atoms with E-state index in [1.807, 2.05) is 12.1 Å². The molecule has 1 aliphatic heterocycles. The first-order valence-electron chi connectivity index (χ1n) is 7.32. The van der Waals surface area contributed by atoms with Crippen molar-refractivity contribution < 1.29 is 4.74 Å². The van der Waals surface area contributed by atoms with E-state index in [4.69, 9.17) is 4.74 Å². The van der Waals surface area contributed by atoms with Gasteiger partial charge in [0.05, 0.1) is 7.11 Å². The second-order valence-corrected chi connectivity index (χ2v) is 5.46. The molecule has 1 N–H and O–H groups in total. The van der Waals surface area contributed by atoms with Crippen molar-refractivity contribution in [1.29, 1.82) is 0 Å². The van der Waals surface area contributed by atoms with Gasteiger partial charge in [-0.05, 0) is 45.8 Å². The summed E-state index contributed by atoms with van der Waals surface area (Å²) in [5, 5.41) is 3.63. The smallest absolute Gasteiger partial charge is 0.123 e. The molecule has 3 heteroatoms. The predicted molar refractivity (Wildman–Crippen MR) is 79.7 cm³/mol. The quantitative estimate of drug-likeness (QED) is 0.853. The summed E-state index contributed by atoms with van der Waals surface area (Å²) in [5.74, 6) is 0.969. The molecule has 0 bridgehead atoms. The molecular formula is C16H26N2O. The summed E-state index contributed by atoms with van der Waals surface area (Å²) in [5.41, 5.74) is 1.23. The standard InChI is InChI=1S/C16H26N2O/c1-13(18-10-6-7-11-18)12-17-14(2)15-8-4-5-9-16(15)19-3/h4-5,8-9,13-14,17H,6-7,10-12H2,1-3H3. The third-order valence-electron chi connectivity index (χ3n) is 4.09. The average Bonchev–Trinajstić information content (AvgIpc) is 2.98. The maximum atomic E-state index is 5.42. The number of hydrogen-bond donors (Lipinski definition) is 1. The lowest BCUT2D eigenvalue weighted by molar-refractivity contribution is 0.246. The Morgan fingerprint density at radius 2 is 1.89 bits per heavy atom. The lowest BCUT2D eigenvalue weighted by atomic mass is 10.1. The van der Waals surface area contributed by atoms with E-state index in [1.54, 1.807) is 7.11 Å². The number of benzene rings is 1. The van der Waals surface area contributed by atoms with Gasteiger partial charge in [0.1, 0.15) is 5.75 Å². The van der Waals surface area contributed by atoms with E-state index < -0.39 is 0 Å². The SMILES string of the molecule is COc1ccccc1C(C)NCC(C)N1CCCC1. The topological polar surface area (TPSA) is 24.5 Å². The number of hydrogen-bond acceptors (Lipinski definition) is 3. The predicted octanol–water partition coefficient (Wildman–Crippen LogP) is 2.83. The molecule has 1 heterocycles. The largest absolute Gasteiger partial charge is 0.496 e. The summed E-state index contributed by atoms with van der Waals surface area (Å²) in [7, 11) is 1.73. The molecule has 0 amide bonds. The van der Waals surface area contributed by atoms with Gasteiger partial charge in [-0.1, -0.05) is 18.2 Å². The molecular weight excluding hydrogens is 236 g/mol. The fourth-order valence-corrected chi connectivity index (χ4v) is 2.79. The Morgan fingerprint density at radius 3 is 2.58 bits per heavy atom. The van der Waals surface area contributed by atoms with Crippen molar-refractivity contribution in [3.8, 4) is 5.75 Å². The zero-order chi connectivity index (χ0) is 13.7.